The number of thioether (sulfide) groups is 1. The Kier molecular flexibility index (Phi) is 5.54. The molecule has 0 fully saturated rings. The zero-order chi connectivity index (χ0) is 16.3. The number of carbonyl (C=O) groups excluding carboxylic acids is 1. The summed E-state index contributed by atoms with van der Waals surface area (Å²) in [6.07, 6.45) is -2.45. The average molecular weight is 388 g/mol. The van der Waals surface area contributed by atoms with Gasteiger partial charge in [0, 0.05) is 6.20 Å². The minimum absolute atomic E-state index is 0.0741. The minimum Gasteiger partial charge on any atom is -0.301 e. The maximum absolute atomic E-state index is 12.5. The van der Waals surface area contributed by atoms with Gasteiger partial charge in [-0.2, -0.15) is 13.2 Å². The van der Waals surface area contributed by atoms with Gasteiger partial charge in [-0.25, -0.2) is 9.97 Å². The third-order valence-electron chi connectivity index (χ3n) is 2.20. The van der Waals surface area contributed by atoms with E-state index in [9.17, 15) is 18.0 Å². The van der Waals surface area contributed by atoms with Crippen molar-refractivity contribution >= 4 is 57.3 Å². The maximum Gasteiger partial charge on any atom is 0.417 e. The van der Waals surface area contributed by atoms with E-state index < -0.39 is 17.6 Å². The molecule has 0 aliphatic carbocycles. The summed E-state index contributed by atoms with van der Waals surface area (Å²) in [5, 5.41) is 2.81. The highest BCUT2D eigenvalue weighted by atomic mass is 35.5. The monoisotopic (exact) mass is 387 g/mol. The average Bonchev–Trinajstić information content (AvgIpc) is 2.81. The highest BCUT2D eigenvalue weighted by Gasteiger charge is 2.31. The zero-order valence-corrected chi connectivity index (χ0v) is 13.6. The SMILES string of the molecule is O=C(CSc1ncc(C(F)(F)F)cc1Cl)Nc1ncc(Cl)s1. The number of nitrogens with zero attached hydrogens (tertiary/aromatic N) is 2. The van der Waals surface area contributed by atoms with E-state index in [1.54, 1.807) is 0 Å². The van der Waals surface area contributed by atoms with Crippen LogP contribution in [0.4, 0.5) is 18.3 Å². The molecule has 22 heavy (non-hydrogen) atoms. The first-order valence-corrected chi connectivity index (χ1v) is 8.08. The molecule has 0 saturated carbocycles. The van der Waals surface area contributed by atoms with Gasteiger partial charge in [0.2, 0.25) is 5.91 Å². The smallest absolute Gasteiger partial charge is 0.301 e. The summed E-state index contributed by atoms with van der Waals surface area (Å²) < 4.78 is 37.8. The lowest BCUT2D eigenvalue weighted by atomic mass is 10.3. The number of hydrogen-bond donors (Lipinski definition) is 1. The fourth-order valence-corrected chi connectivity index (χ4v) is 3.11. The van der Waals surface area contributed by atoms with Crippen LogP contribution in [0.1, 0.15) is 5.56 Å². The second-order valence-corrected chi connectivity index (χ2v) is 6.85. The molecular weight excluding hydrogens is 382 g/mol. The largest absolute Gasteiger partial charge is 0.417 e. The Morgan fingerprint density at radius 1 is 1.32 bits per heavy atom. The molecule has 2 aromatic rings. The van der Waals surface area contributed by atoms with Gasteiger partial charge in [-0.05, 0) is 6.07 Å². The number of thiazole rings is 1. The quantitative estimate of drug-likeness (QED) is 0.779. The molecule has 0 saturated heterocycles. The molecule has 0 atom stereocenters. The Morgan fingerprint density at radius 3 is 2.59 bits per heavy atom. The van der Waals surface area contributed by atoms with Crippen LogP contribution in [0.2, 0.25) is 9.36 Å². The predicted octanol–water partition coefficient (Wildman–Crippen LogP) is 4.59. The molecule has 1 N–H and O–H groups in total. The molecular formula is C11H6Cl2F3N3OS2. The Hall–Kier alpha value is -1.03. The zero-order valence-electron chi connectivity index (χ0n) is 10.4. The lowest BCUT2D eigenvalue weighted by Gasteiger charge is -2.08. The molecule has 0 unspecified atom stereocenters. The maximum atomic E-state index is 12.5. The lowest BCUT2D eigenvalue weighted by molar-refractivity contribution is -0.137. The molecule has 2 rings (SSSR count). The number of halogens is 5. The Bertz CT molecular complexity index is 693. The van der Waals surface area contributed by atoms with Crippen molar-refractivity contribution < 1.29 is 18.0 Å². The molecule has 0 spiro atoms. The van der Waals surface area contributed by atoms with Crippen molar-refractivity contribution in [2.75, 3.05) is 11.1 Å². The summed E-state index contributed by atoms with van der Waals surface area (Å²) >= 11 is 13.4. The lowest BCUT2D eigenvalue weighted by Crippen LogP contribution is -2.14. The van der Waals surface area contributed by atoms with Crippen LogP contribution in [0.5, 0.6) is 0 Å². The van der Waals surface area contributed by atoms with Crippen molar-refractivity contribution in [3.8, 4) is 0 Å². The normalized spacial score (nSPS) is 11.5. The Balaban J connectivity index is 1.95. The fraction of sp³-hybridized carbons (Fsp3) is 0.182. The third kappa shape index (κ3) is 4.73. The van der Waals surface area contributed by atoms with Crippen LogP contribution in [-0.2, 0) is 11.0 Å². The van der Waals surface area contributed by atoms with Crippen LogP contribution in [0.25, 0.3) is 0 Å². The van der Waals surface area contributed by atoms with E-state index in [-0.39, 0.29) is 15.8 Å². The molecule has 118 valence electrons. The van der Waals surface area contributed by atoms with E-state index >= 15 is 0 Å². The molecule has 0 bridgehead atoms. The Labute approximate surface area is 141 Å². The van der Waals surface area contributed by atoms with Gasteiger partial charge in [0.25, 0.3) is 0 Å². The highest BCUT2D eigenvalue weighted by molar-refractivity contribution is 8.00. The van der Waals surface area contributed by atoms with Gasteiger partial charge in [-0.15, -0.1) is 0 Å². The van der Waals surface area contributed by atoms with Crippen molar-refractivity contribution in [1.82, 2.24) is 9.97 Å². The summed E-state index contributed by atoms with van der Waals surface area (Å²) in [5.41, 5.74) is -0.941. The summed E-state index contributed by atoms with van der Waals surface area (Å²) in [6, 6.07) is 0.773. The minimum atomic E-state index is -4.51. The molecule has 0 aliphatic rings. The van der Waals surface area contributed by atoms with E-state index in [2.05, 4.69) is 15.3 Å². The number of nitrogens with one attached hydrogen (secondary N) is 1. The van der Waals surface area contributed by atoms with Gasteiger partial charge < -0.3 is 5.32 Å². The van der Waals surface area contributed by atoms with E-state index in [0.29, 0.717) is 15.7 Å². The van der Waals surface area contributed by atoms with Crippen molar-refractivity contribution in [2.45, 2.75) is 11.2 Å². The van der Waals surface area contributed by atoms with Crippen molar-refractivity contribution in [3.05, 3.63) is 33.4 Å². The van der Waals surface area contributed by atoms with Crippen LogP contribution in [0.3, 0.4) is 0 Å². The van der Waals surface area contributed by atoms with E-state index in [0.717, 1.165) is 29.2 Å². The Morgan fingerprint density at radius 2 is 2.05 bits per heavy atom. The molecule has 0 radical (unpaired) electrons. The number of aromatic nitrogens is 2. The molecule has 0 aromatic carbocycles. The number of rotatable bonds is 4. The van der Waals surface area contributed by atoms with Crippen LogP contribution in [-0.4, -0.2) is 21.6 Å². The van der Waals surface area contributed by atoms with Crippen LogP contribution in [0.15, 0.2) is 23.5 Å². The second-order valence-electron chi connectivity index (χ2n) is 3.82. The molecule has 1 amide bonds. The number of alkyl halides is 3. The standard InChI is InChI=1S/C11H6Cl2F3N3OS2/c12-6-1-5(11(14,15)16)2-17-9(6)21-4-8(20)19-10-18-3-7(13)22-10/h1-3H,4H2,(H,18,19,20). The third-order valence-corrected chi connectivity index (χ3v) is 4.63. The second kappa shape index (κ2) is 7.03. The van der Waals surface area contributed by atoms with Gasteiger partial charge >= 0.3 is 6.18 Å². The van der Waals surface area contributed by atoms with Gasteiger partial charge in [-0.1, -0.05) is 46.3 Å². The fourth-order valence-electron chi connectivity index (χ4n) is 1.29. The first-order valence-electron chi connectivity index (χ1n) is 5.52. The van der Waals surface area contributed by atoms with E-state index in [1.165, 1.54) is 6.20 Å². The summed E-state index contributed by atoms with van der Waals surface area (Å²) in [6.45, 7) is 0. The summed E-state index contributed by atoms with van der Waals surface area (Å²) in [4.78, 5) is 19.1. The van der Waals surface area contributed by atoms with Gasteiger partial charge in [0.1, 0.15) is 9.36 Å². The van der Waals surface area contributed by atoms with Crippen LogP contribution < -0.4 is 5.32 Å². The van der Waals surface area contributed by atoms with E-state index in [4.69, 9.17) is 23.2 Å². The predicted molar refractivity (Wildman–Crippen MR) is 80.7 cm³/mol. The molecule has 2 heterocycles. The number of anilines is 1. The van der Waals surface area contributed by atoms with Crippen molar-refractivity contribution in [1.29, 1.82) is 0 Å². The number of hydrogen-bond acceptors (Lipinski definition) is 5. The summed E-state index contributed by atoms with van der Waals surface area (Å²) in [5.74, 6) is -0.469. The first kappa shape index (κ1) is 17.3. The van der Waals surface area contributed by atoms with Gasteiger partial charge in [0.05, 0.1) is 22.5 Å². The highest BCUT2D eigenvalue weighted by Crippen LogP contribution is 2.33. The first-order chi connectivity index (χ1) is 10.3. The molecule has 4 nitrogen and oxygen atoms in total. The summed E-state index contributed by atoms with van der Waals surface area (Å²) in [7, 11) is 0. The van der Waals surface area contributed by atoms with Crippen molar-refractivity contribution in [3.63, 3.8) is 0 Å². The van der Waals surface area contributed by atoms with E-state index in [1.807, 2.05) is 0 Å². The topological polar surface area (TPSA) is 54.9 Å². The number of pyridine rings is 1. The molecule has 11 heteroatoms. The molecule has 2 aromatic heterocycles. The number of amides is 1. The van der Waals surface area contributed by atoms with Gasteiger partial charge in [-0.3, -0.25) is 4.79 Å². The molecule has 0 aliphatic heterocycles. The van der Waals surface area contributed by atoms with Crippen LogP contribution in [0, 0.1) is 0 Å². The number of carbonyl (C=O) groups is 1. The van der Waals surface area contributed by atoms with Crippen molar-refractivity contribution in [2.24, 2.45) is 0 Å². The van der Waals surface area contributed by atoms with Gasteiger partial charge in [0.15, 0.2) is 5.13 Å². The van der Waals surface area contributed by atoms with Crippen LogP contribution >= 0.6 is 46.3 Å².